The number of carbonyl (C=O) groups is 1. The summed E-state index contributed by atoms with van der Waals surface area (Å²) < 4.78 is 5.36. The lowest BCUT2D eigenvalue weighted by atomic mass is 10.0. The molecule has 1 aromatic rings. The molecule has 1 atom stereocenters. The lowest BCUT2D eigenvalue weighted by molar-refractivity contribution is -0.127. The highest BCUT2D eigenvalue weighted by Gasteiger charge is 2.21. The van der Waals surface area contributed by atoms with Crippen LogP contribution in [0.3, 0.4) is 0 Å². The van der Waals surface area contributed by atoms with Crippen molar-refractivity contribution in [3.63, 3.8) is 0 Å². The van der Waals surface area contributed by atoms with Crippen LogP contribution in [0, 0.1) is 5.92 Å². The number of rotatable bonds is 7. The molecule has 1 aromatic carbocycles. The van der Waals surface area contributed by atoms with Gasteiger partial charge in [-0.25, -0.2) is 4.99 Å². The van der Waals surface area contributed by atoms with Gasteiger partial charge in [-0.05, 0) is 30.9 Å². The van der Waals surface area contributed by atoms with Gasteiger partial charge in [0.25, 0.3) is 0 Å². The Balaban J connectivity index is 2.03. The molecule has 2 N–H and O–H groups in total. The van der Waals surface area contributed by atoms with E-state index in [1.165, 1.54) is 5.69 Å². The molecule has 0 saturated carbocycles. The number of nitrogens with one attached hydrogen (secondary N) is 2. The smallest absolute Gasteiger partial charge is 0.243 e. The van der Waals surface area contributed by atoms with Crippen molar-refractivity contribution in [3.05, 3.63) is 24.3 Å². The molecule has 0 aromatic heterocycles. The highest BCUT2D eigenvalue weighted by molar-refractivity contribution is 5.85. The second-order valence-corrected chi connectivity index (χ2v) is 7.86. The molecule has 0 radical (unpaired) electrons. The van der Waals surface area contributed by atoms with E-state index in [2.05, 4.69) is 46.5 Å². The molecular weight excluding hydrogens is 354 g/mol. The van der Waals surface area contributed by atoms with Gasteiger partial charge < -0.3 is 25.2 Å². The molecule has 156 valence electrons. The Morgan fingerprint density at radius 3 is 2.86 bits per heavy atom. The van der Waals surface area contributed by atoms with Gasteiger partial charge >= 0.3 is 0 Å². The highest BCUT2D eigenvalue weighted by atomic mass is 16.5. The third-order valence-electron chi connectivity index (χ3n) is 4.73. The molecule has 0 aliphatic carbocycles. The molecule has 7 nitrogen and oxygen atoms in total. The Labute approximate surface area is 169 Å². The van der Waals surface area contributed by atoms with E-state index in [4.69, 9.17) is 4.74 Å². The van der Waals surface area contributed by atoms with Gasteiger partial charge in [-0.1, -0.05) is 19.9 Å². The number of likely N-dealkylation sites (N-methyl/N-ethyl adjacent to an activating group) is 1. The Morgan fingerprint density at radius 1 is 1.39 bits per heavy atom. The summed E-state index contributed by atoms with van der Waals surface area (Å²) in [5.74, 6) is 2.07. The number of guanidine groups is 1. The van der Waals surface area contributed by atoms with Gasteiger partial charge in [-0.3, -0.25) is 4.79 Å². The maximum Gasteiger partial charge on any atom is 0.243 e. The van der Waals surface area contributed by atoms with Crippen molar-refractivity contribution < 1.29 is 9.53 Å². The van der Waals surface area contributed by atoms with Crippen molar-refractivity contribution in [3.8, 4) is 5.75 Å². The molecule has 1 fully saturated rings. The van der Waals surface area contributed by atoms with Crippen LogP contribution >= 0.6 is 0 Å². The lowest BCUT2D eigenvalue weighted by Gasteiger charge is -2.35. The number of amides is 1. The van der Waals surface area contributed by atoms with Crippen LogP contribution in [0.25, 0.3) is 0 Å². The van der Waals surface area contributed by atoms with Gasteiger partial charge in [0.1, 0.15) is 12.3 Å². The summed E-state index contributed by atoms with van der Waals surface area (Å²) in [5, 5.41) is 6.89. The number of piperidine rings is 1. The SMILES string of the molecule is COc1cccc(N2CCCC(NC(=NCC(=O)N(C)C)NCC(C)C)C2)c1. The summed E-state index contributed by atoms with van der Waals surface area (Å²) in [4.78, 5) is 20.4. The summed E-state index contributed by atoms with van der Waals surface area (Å²) >= 11 is 0. The molecule has 0 spiro atoms. The molecular formula is C21H35N5O2. The molecule has 1 aliphatic heterocycles. The Hall–Kier alpha value is -2.44. The van der Waals surface area contributed by atoms with Crippen LogP contribution in [0.4, 0.5) is 5.69 Å². The number of methoxy groups -OCH3 is 1. The fraction of sp³-hybridized carbons (Fsp3) is 0.619. The van der Waals surface area contributed by atoms with Crippen molar-refractivity contribution in [2.75, 3.05) is 52.3 Å². The van der Waals surface area contributed by atoms with E-state index in [1.807, 2.05) is 12.1 Å². The molecule has 0 bridgehead atoms. The number of anilines is 1. The first kappa shape index (κ1) is 21.9. The molecule has 2 rings (SSSR count). The van der Waals surface area contributed by atoms with E-state index in [0.29, 0.717) is 11.9 Å². The largest absolute Gasteiger partial charge is 0.497 e. The normalized spacial score (nSPS) is 17.4. The van der Waals surface area contributed by atoms with Crippen LogP contribution < -0.4 is 20.3 Å². The van der Waals surface area contributed by atoms with Gasteiger partial charge in [-0.15, -0.1) is 0 Å². The maximum absolute atomic E-state index is 11.9. The van der Waals surface area contributed by atoms with Crippen molar-refractivity contribution in [1.29, 1.82) is 0 Å². The number of hydrogen-bond donors (Lipinski definition) is 2. The van der Waals surface area contributed by atoms with Crippen molar-refractivity contribution in [2.24, 2.45) is 10.9 Å². The third kappa shape index (κ3) is 6.94. The Bertz CT molecular complexity index is 660. The monoisotopic (exact) mass is 389 g/mol. The standard InChI is InChI=1S/C21H35N5O2/c1-16(2)13-22-21(23-14-20(27)25(3)4)24-17-8-7-11-26(15-17)18-9-6-10-19(12-18)28-5/h6,9-10,12,16-17H,7-8,11,13-15H2,1-5H3,(H2,22,23,24). The van der Waals surface area contributed by atoms with Gasteiger partial charge in [0.15, 0.2) is 5.96 Å². The Morgan fingerprint density at radius 2 is 2.18 bits per heavy atom. The average Bonchev–Trinajstić information content (AvgIpc) is 2.69. The van der Waals surface area contributed by atoms with Crippen LogP contribution in [-0.4, -0.2) is 70.2 Å². The molecule has 28 heavy (non-hydrogen) atoms. The fourth-order valence-corrected chi connectivity index (χ4v) is 3.07. The Kier molecular flexibility index (Phi) is 8.42. The van der Waals surface area contributed by atoms with Crippen LogP contribution in [0.5, 0.6) is 5.75 Å². The molecule has 1 saturated heterocycles. The second-order valence-electron chi connectivity index (χ2n) is 7.86. The van der Waals surface area contributed by atoms with Crippen LogP contribution in [0.15, 0.2) is 29.3 Å². The van der Waals surface area contributed by atoms with Crippen LogP contribution in [0.2, 0.25) is 0 Å². The van der Waals surface area contributed by atoms with E-state index in [-0.39, 0.29) is 18.5 Å². The zero-order chi connectivity index (χ0) is 20.5. The quantitative estimate of drug-likeness (QED) is 0.551. The first-order chi connectivity index (χ1) is 13.4. The predicted octanol–water partition coefficient (Wildman–Crippen LogP) is 1.94. The number of hydrogen-bond acceptors (Lipinski definition) is 4. The van der Waals surface area contributed by atoms with Crippen LogP contribution in [-0.2, 0) is 4.79 Å². The summed E-state index contributed by atoms with van der Waals surface area (Å²) in [6.45, 7) is 7.18. The second kappa shape index (κ2) is 10.8. The zero-order valence-corrected chi connectivity index (χ0v) is 17.9. The average molecular weight is 390 g/mol. The third-order valence-corrected chi connectivity index (χ3v) is 4.73. The van der Waals surface area contributed by atoms with Crippen molar-refractivity contribution in [1.82, 2.24) is 15.5 Å². The van der Waals surface area contributed by atoms with E-state index >= 15 is 0 Å². The number of benzene rings is 1. The van der Waals surface area contributed by atoms with Gasteiger partial charge in [0.05, 0.1) is 7.11 Å². The van der Waals surface area contributed by atoms with Gasteiger partial charge in [0, 0.05) is 51.5 Å². The van der Waals surface area contributed by atoms with Crippen molar-refractivity contribution >= 4 is 17.6 Å². The minimum absolute atomic E-state index is 0.00713. The predicted molar refractivity (Wildman–Crippen MR) is 115 cm³/mol. The lowest BCUT2D eigenvalue weighted by Crippen LogP contribution is -2.52. The highest BCUT2D eigenvalue weighted by Crippen LogP contribution is 2.24. The molecule has 1 unspecified atom stereocenters. The minimum atomic E-state index is -0.00713. The summed E-state index contributed by atoms with van der Waals surface area (Å²) in [6.07, 6.45) is 2.17. The fourth-order valence-electron chi connectivity index (χ4n) is 3.07. The first-order valence-corrected chi connectivity index (χ1v) is 10.0. The number of aliphatic imine (C=N–C) groups is 1. The number of ether oxygens (including phenoxy) is 1. The first-order valence-electron chi connectivity index (χ1n) is 10.0. The van der Waals surface area contributed by atoms with Crippen LogP contribution in [0.1, 0.15) is 26.7 Å². The van der Waals surface area contributed by atoms with Crippen molar-refractivity contribution in [2.45, 2.75) is 32.7 Å². The molecule has 1 heterocycles. The summed E-state index contributed by atoms with van der Waals surface area (Å²) in [5.41, 5.74) is 1.17. The van der Waals surface area contributed by atoms with E-state index in [1.54, 1.807) is 26.1 Å². The van der Waals surface area contributed by atoms with Gasteiger partial charge in [0.2, 0.25) is 5.91 Å². The number of nitrogens with zero attached hydrogens (tertiary/aromatic N) is 3. The zero-order valence-electron chi connectivity index (χ0n) is 17.9. The topological polar surface area (TPSA) is 69.2 Å². The van der Waals surface area contributed by atoms with Gasteiger partial charge in [-0.2, -0.15) is 0 Å². The summed E-state index contributed by atoms with van der Waals surface area (Å²) in [7, 11) is 5.19. The van der Waals surface area contributed by atoms with E-state index in [9.17, 15) is 4.79 Å². The molecule has 7 heteroatoms. The summed E-state index contributed by atoms with van der Waals surface area (Å²) in [6, 6.07) is 8.45. The molecule has 1 aliphatic rings. The minimum Gasteiger partial charge on any atom is -0.497 e. The molecule has 1 amide bonds. The maximum atomic E-state index is 11.9. The van der Waals surface area contributed by atoms with E-state index < -0.39 is 0 Å². The number of carbonyl (C=O) groups excluding carboxylic acids is 1. The van der Waals surface area contributed by atoms with E-state index in [0.717, 1.165) is 38.2 Å².